The second-order valence-corrected chi connectivity index (χ2v) is 8.24. The summed E-state index contributed by atoms with van der Waals surface area (Å²) in [6.45, 7) is 22.1. The first kappa shape index (κ1) is 25.0. The number of hydrogen-bond acceptors (Lipinski definition) is 0. The number of hydrogen-bond donors (Lipinski definition) is 0. The molecule has 1 aromatic rings. The standard InChI is InChI=1S/C21H32.C3H8.C2H6/c1-15(2)21-14-17(4)8-6-7-9-20(21)18(5)19-12-10-16(3)11-13-19;1-3-2;1-2/h10-13,15,17,20-21H,5-9,14H2,1-4H3;3H2,1-2H3;1-2H3. The van der Waals surface area contributed by atoms with Crippen LogP contribution in [0.25, 0.3) is 5.57 Å². The Morgan fingerprint density at radius 3 is 2.04 bits per heavy atom. The Labute approximate surface area is 165 Å². The molecule has 0 aromatic heterocycles. The Bertz CT molecular complexity index is 465. The summed E-state index contributed by atoms with van der Waals surface area (Å²) in [5.74, 6) is 3.06. The molecule has 3 unspecified atom stereocenters. The van der Waals surface area contributed by atoms with Gasteiger partial charge in [-0.05, 0) is 54.6 Å². The monoisotopic (exact) mass is 358 g/mol. The molecule has 0 saturated heterocycles. The smallest absolute Gasteiger partial charge is 0.0131 e. The van der Waals surface area contributed by atoms with Crippen LogP contribution in [-0.4, -0.2) is 0 Å². The van der Waals surface area contributed by atoms with Crippen LogP contribution in [0.3, 0.4) is 0 Å². The van der Waals surface area contributed by atoms with E-state index in [0.29, 0.717) is 5.92 Å². The molecule has 1 aliphatic rings. The van der Waals surface area contributed by atoms with Gasteiger partial charge in [-0.2, -0.15) is 0 Å². The van der Waals surface area contributed by atoms with Gasteiger partial charge < -0.3 is 0 Å². The SMILES string of the molecule is C=C(c1ccc(C)cc1)C1CCCCC(C)CC1C(C)C.CC.CCC. The molecule has 1 aliphatic carbocycles. The quantitative estimate of drug-likeness (QED) is 0.506. The molecule has 0 spiro atoms. The summed E-state index contributed by atoms with van der Waals surface area (Å²) in [6, 6.07) is 8.96. The van der Waals surface area contributed by atoms with Crippen molar-refractivity contribution in [2.45, 2.75) is 93.9 Å². The molecular weight excluding hydrogens is 312 g/mol. The van der Waals surface area contributed by atoms with Gasteiger partial charge in [-0.15, -0.1) is 0 Å². The lowest BCUT2D eigenvalue weighted by Crippen LogP contribution is -2.25. The van der Waals surface area contributed by atoms with Crippen molar-refractivity contribution in [2.75, 3.05) is 0 Å². The third kappa shape index (κ3) is 8.56. The average Bonchev–Trinajstić information content (AvgIpc) is 2.60. The van der Waals surface area contributed by atoms with Crippen molar-refractivity contribution in [3.05, 3.63) is 42.0 Å². The van der Waals surface area contributed by atoms with E-state index < -0.39 is 0 Å². The van der Waals surface area contributed by atoms with Gasteiger partial charge in [0, 0.05) is 0 Å². The highest BCUT2D eigenvalue weighted by molar-refractivity contribution is 5.65. The summed E-state index contributed by atoms with van der Waals surface area (Å²) in [6.07, 6.45) is 8.11. The van der Waals surface area contributed by atoms with E-state index in [1.54, 1.807) is 0 Å². The molecule has 0 heteroatoms. The fourth-order valence-electron chi connectivity index (χ4n) is 3.97. The summed E-state index contributed by atoms with van der Waals surface area (Å²) < 4.78 is 0. The Morgan fingerprint density at radius 2 is 1.54 bits per heavy atom. The molecular formula is C26H46. The number of benzene rings is 1. The maximum atomic E-state index is 4.51. The summed E-state index contributed by atoms with van der Waals surface area (Å²) in [4.78, 5) is 0. The summed E-state index contributed by atoms with van der Waals surface area (Å²) in [5.41, 5.74) is 4.06. The maximum Gasteiger partial charge on any atom is -0.0131 e. The molecule has 150 valence electrons. The highest BCUT2D eigenvalue weighted by Crippen LogP contribution is 2.41. The van der Waals surface area contributed by atoms with Gasteiger partial charge in [0.2, 0.25) is 0 Å². The van der Waals surface area contributed by atoms with Crippen LogP contribution in [-0.2, 0) is 0 Å². The van der Waals surface area contributed by atoms with Gasteiger partial charge in [0.05, 0.1) is 0 Å². The minimum absolute atomic E-state index is 0.662. The molecule has 0 radical (unpaired) electrons. The van der Waals surface area contributed by atoms with Crippen molar-refractivity contribution in [1.82, 2.24) is 0 Å². The predicted octanol–water partition coefficient (Wildman–Crippen LogP) is 8.94. The Balaban J connectivity index is 0.00000113. The molecule has 1 saturated carbocycles. The normalized spacial score (nSPS) is 22.9. The third-order valence-corrected chi connectivity index (χ3v) is 5.38. The van der Waals surface area contributed by atoms with Gasteiger partial charge in [-0.3, -0.25) is 0 Å². The molecule has 0 nitrogen and oxygen atoms in total. The van der Waals surface area contributed by atoms with Gasteiger partial charge in [0.1, 0.15) is 0 Å². The molecule has 0 heterocycles. The largest absolute Gasteiger partial charge is 0.0949 e. The van der Waals surface area contributed by atoms with Crippen LogP contribution < -0.4 is 0 Å². The topological polar surface area (TPSA) is 0 Å². The highest BCUT2D eigenvalue weighted by atomic mass is 14.3. The van der Waals surface area contributed by atoms with Crippen LogP contribution in [0.2, 0.25) is 0 Å². The zero-order valence-electron chi connectivity index (χ0n) is 19.1. The Hall–Kier alpha value is -1.04. The van der Waals surface area contributed by atoms with Gasteiger partial charge in [0.15, 0.2) is 0 Å². The Morgan fingerprint density at radius 1 is 1.04 bits per heavy atom. The van der Waals surface area contributed by atoms with E-state index in [9.17, 15) is 0 Å². The second kappa shape index (κ2) is 14.1. The molecule has 0 aliphatic heterocycles. The zero-order valence-corrected chi connectivity index (χ0v) is 19.1. The van der Waals surface area contributed by atoms with Crippen molar-refractivity contribution in [3.63, 3.8) is 0 Å². The fourth-order valence-corrected chi connectivity index (χ4v) is 3.97. The minimum Gasteiger partial charge on any atom is -0.0949 e. The van der Waals surface area contributed by atoms with E-state index >= 15 is 0 Å². The molecule has 26 heavy (non-hydrogen) atoms. The molecule has 0 N–H and O–H groups in total. The fraction of sp³-hybridized carbons (Fsp3) is 0.692. The summed E-state index contributed by atoms with van der Waals surface area (Å²) >= 11 is 0. The van der Waals surface area contributed by atoms with Crippen molar-refractivity contribution in [3.8, 4) is 0 Å². The third-order valence-electron chi connectivity index (χ3n) is 5.38. The maximum absolute atomic E-state index is 4.51. The van der Waals surface area contributed by atoms with Crippen LogP contribution in [0.4, 0.5) is 0 Å². The van der Waals surface area contributed by atoms with E-state index in [1.807, 2.05) is 13.8 Å². The highest BCUT2D eigenvalue weighted by Gasteiger charge is 2.29. The number of aryl methyl sites for hydroxylation is 1. The van der Waals surface area contributed by atoms with Crippen LogP contribution in [0.1, 0.15) is 98.1 Å². The van der Waals surface area contributed by atoms with E-state index in [0.717, 1.165) is 17.8 Å². The first-order valence-electron chi connectivity index (χ1n) is 11.2. The van der Waals surface area contributed by atoms with E-state index in [2.05, 4.69) is 72.4 Å². The van der Waals surface area contributed by atoms with Crippen molar-refractivity contribution in [2.24, 2.45) is 23.7 Å². The minimum atomic E-state index is 0.662. The second-order valence-electron chi connectivity index (χ2n) is 8.24. The van der Waals surface area contributed by atoms with Crippen LogP contribution in [0, 0.1) is 30.6 Å². The molecule has 1 fully saturated rings. The lowest BCUT2D eigenvalue weighted by molar-refractivity contribution is 0.210. The van der Waals surface area contributed by atoms with E-state index in [4.69, 9.17) is 0 Å². The number of allylic oxidation sites excluding steroid dienone is 1. The molecule has 0 amide bonds. The average molecular weight is 359 g/mol. The van der Waals surface area contributed by atoms with E-state index in [-0.39, 0.29) is 0 Å². The molecule has 2 rings (SSSR count). The van der Waals surface area contributed by atoms with Crippen molar-refractivity contribution < 1.29 is 0 Å². The zero-order chi connectivity index (χ0) is 20.1. The van der Waals surface area contributed by atoms with Crippen LogP contribution in [0.15, 0.2) is 30.8 Å². The Kier molecular flexibility index (Phi) is 13.5. The van der Waals surface area contributed by atoms with Crippen molar-refractivity contribution >= 4 is 5.57 Å². The first-order chi connectivity index (χ1) is 12.4. The van der Waals surface area contributed by atoms with Gasteiger partial charge in [0.25, 0.3) is 0 Å². The molecule has 0 bridgehead atoms. The van der Waals surface area contributed by atoms with E-state index in [1.165, 1.54) is 55.2 Å². The van der Waals surface area contributed by atoms with Gasteiger partial charge in [-0.25, -0.2) is 0 Å². The lowest BCUT2D eigenvalue weighted by atomic mass is 9.69. The molecule has 3 atom stereocenters. The van der Waals surface area contributed by atoms with Gasteiger partial charge >= 0.3 is 0 Å². The first-order valence-corrected chi connectivity index (χ1v) is 11.2. The van der Waals surface area contributed by atoms with Gasteiger partial charge in [-0.1, -0.05) is 111 Å². The summed E-state index contributed by atoms with van der Waals surface area (Å²) in [5, 5.41) is 0. The number of rotatable bonds is 3. The predicted molar refractivity (Wildman–Crippen MR) is 122 cm³/mol. The lowest BCUT2D eigenvalue weighted by Gasteiger charge is -2.36. The van der Waals surface area contributed by atoms with Crippen LogP contribution >= 0.6 is 0 Å². The summed E-state index contributed by atoms with van der Waals surface area (Å²) in [7, 11) is 0. The van der Waals surface area contributed by atoms with Crippen LogP contribution in [0.5, 0.6) is 0 Å². The van der Waals surface area contributed by atoms with Crippen molar-refractivity contribution in [1.29, 1.82) is 0 Å². The molecule has 1 aromatic carbocycles.